The SMILES string of the molecule is C=C1CN(C(C)(C)C)CC1(C)C. The lowest BCUT2D eigenvalue weighted by Crippen LogP contribution is -2.40. The van der Waals surface area contributed by atoms with E-state index in [1.54, 1.807) is 0 Å². The second-order valence-corrected chi connectivity index (χ2v) is 5.51. The number of hydrogen-bond acceptors (Lipinski definition) is 1. The number of rotatable bonds is 0. The summed E-state index contributed by atoms with van der Waals surface area (Å²) in [5.74, 6) is 0. The second kappa shape index (κ2) is 2.59. The van der Waals surface area contributed by atoms with Crippen LogP contribution in [0, 0.1) is 5.41 Å². The molecule has 1 nitrogen and oxygen atoms in total. The van der Waals surface area contributed by atoms with E-state index < -0.39 is 0 Å². The first-order chi connectivity index (χ1) is 5.23. The van der Waals surface area contributed by atoms with E-state index in [1.807, 2.05) is 0 Å². The number of likely N-dealkylation sites (tertiary alicyclic amines) is 1. The standard InChI is InChI=1S/C11H21N/c1-9-7-12(10(2,3)4)8-11(9,5)6/h1,7-8H2,2-6H3. The predicted molar refractivity (Wildman–Crippen MR) is 54.2 cm³/mol. The summed E-state index contributed by atoms with van der Waals surface area (Å²) in [6.45, 7) is 17.7. The van der Waals surface area contributed by atoms with Crippen molar-refractivity contribution in [3.8, 4) is 0 Å². The van der Waals surface area contributed by atoms with Gasteiger partial charge in [-0.25, -0.2) is 0 Å². The first-order valence-corrected chi connectivity index (χ1v) is 4.67. The van der Waals surface area contributed by atoms with Crippen LogP contribution in [-0.2, 0) is 0 Å². The first kappa shape index (κ1) is 9.79. The molecule has 0 aromatic rings. The lowest BCUT2D eigenvalue weighted by atomic mass is 9.89. The molecule has 0 N–H and O–H groups in total. The van der Waals surface area contributed by atoms with Crippen molar-refractivity contribution in [3.63, 3.8) is 0 Å². The average Bonchev–Trinajstić information content (AvgIpc) is 2.06. The fraction of sp³-hybridized carbons (Fsp3) is 0.818. The van der Waals surface area contributed by atoms with Crippen LogP contribution in [-0.4, -0.2) is 23.5 Å². The second-order valence-electron chi connectivity index (χ2n) is 5.51. The molecule has 0 unspecified atom stereocenters. The summed E-state index contributed by atoms with van der Waals surface area (Å²) in [5, 5.41) is 0. The maximum Gasteiger partial charge on any atom is 0.0201 e. The fourth-order valence-corrected chi connectivity index (χ4v) is 1.56. The number of hydrogen-bond donors (Lipinski definition) is 0. The normalized spacial score (nSPS) is 24.9. The van der Waals surface area contributed by atoms with Crippen LogP contribution in [0.3, 0.4) is 0 Å². The summed E-state index contributed by atoms with van der Waals surface area (Å²) in [7, 11) is 0. The topological polar surface area (TPSA) is 3.24 Å². The highest BCUT2D eigenvalue weighted by molar-refractivity contribution is 5.17. The fourth-order valence-electron chi connectivity index (χ4n) is 1.56. The van der Waals surface area contributed by atoms with Crippen molar-refractivity contribution in [2.24, 2.45) is 5.41 Å². The van der Waals surface area contributed by atoms with Crippen molar-refractivity contribution in [1.82, 2.24) is 4.90 Å². The van der Waals surface area contributed by atoms with E-state index in [1.165, 1.54) is 5.57 Å². The van der Waals surface area contributed by atoms with Gasteiger partial charge in [-0.3, -0.25) is 4.90 Å². The molecule has 1 fully saturated rings. The largest absolute Gasteiger partial charge is 0.294 e. The minimum absolute atomic E-state index is 0.288. The van der Waals surface area contributed by atoms with Crippen molar-refractivity contribution in [1.29, 1.82) is 0 Å². The van der Waals surface area contributed by atoms with E-state index in [-0.39, 0.29) is 5.54 Å². The van der Waals surface area contributed by atoms with Crippen molar-refractivity contribution in [2.75, 3.05) is 13.1 Å². The highest BCUT2D eigenvalue weighted by atomic mass is 15.2. The lowest BCUT2D eigenvalue weighted by molar-refractivity contribution is 0.157. The van der Waals surface area contributed by atoms with Gasteiger partial charge in [0, 0.05) is 18.6 Å². The molecule has 1 heteroatoms. The quantitative estimate of drug-likeness (QED) is 0.501. The lowest BCUT2D eigenvalue weighted by Gasteiger charge is -2.32. The van der Waals surface area contributed by atoms with Gasteiger partial charge in [0.1, 0.15) is 0 Å². The van der Waals surface area contributed by atoms with Crippen molar-refractivity contribution in [2.45, 2.75) is 40.2 Å². The Labute approximate surface area is 76.5 Å². The average molecular weight is 167 g/mol. The third-order valence-corrected chi connectivity index (χ3v) is 2.87. The molecule has 70 valence electrons. The zero-order valence-corrected chi connectivity index (χ0v) is 9.07. The van der Waals surface area contributed by atoms with E-state index in [0.29, 0.717) is 5.41 Å². The van der Waals surface area contributed by atoms with Crippen LogP contribution in [0.2, 0.25) is 0 Å². The van der Waals surface area contributed by atoms with Crippen molar-refractivity contribution in [3.05, 3.63) is 12.2 Å². The molecule has 1 aliphatic rings. The van der Waals surface area contributed by atoms with Crippen LogP contribution in [0.4, 0.5) is 0 Å². The minimum Gasteiger partial charge on any atom is -0.294 e. The first-order valence-electron chi connectivity index (χ1n) is 4.67. The third kappa shape index (κ3) is 1.71. The van der Waals surface area contributed by atoms with E-state index >= 15 is 0 Å². The molecule has 0 aromatic heterocycles. The Kier molecular flexibility index (Phi) is 2.12. The van der Waals surface area contributed by atoms with Crippen LogP contribution in [0.15, 0.2) is 12.2 Å². The molecular formula is C11H21N. The Hall–Kier alpha value is -0.300. The Morgan fingerprint density at radius 2 is 1.83 bits per heavy atom. The molecule has 0 spiro atoms. The molecular weight excluding hydrogens is 146 g/mol. The monoisotopic (exact) mass is 167 g/mol. The minimum atomic E-state index is 0.288. The molecule has 1 rings (SSSR count). The maximum absolute atomic E-state index is 4.13. The summed E-state index contributed by atoms with van der Waals surface area (Å²) in [6, 6.07) is 0. The molecule has 0 amide bonds. The van der Waals surface area contributed by atoms with Crippen LogP contribution < -0.4 is 0 Å². The molecule has 0 aromatic carbocycles. The Morgan fingerprint density at radius 1 is 1.33 bits per heavy atom. The molecule has 1 aliphatic heterocycles. The smallest absolute Gasteiger partial charge is 0.0201 e. The molecule has 1 saturated heterocycles. The summed E-state index contributed by atoms with van der Waals surface area (Å²) >= 11 is 0. The Bertz CT molecular complexity index is 196. The van der Waals surface area contributed by atoms with Gasteiger partial charge in [-0.15, -0.1) is 0 Å². The molecule has 0 radical (unpaired) electrons. The van der Waals surface area contributed by atoms with Gasteiger partial charge in [-0.1, -0.05) is 26.0 Å². The summed E-state index contributed by atoms with van der Waals surface area (Å²) in [4.78, 5) is 2.50. The van der Waals surface area contributed by atoms with Gasteiger partial charge in [-0.2, -0.15) is 0 Å². The van der Waals surface area contributed by atoms with Crippen molar-refractivity contribution < 1.29 is 0 Å². The van der Waals surface area contributed by atoms with Gasteiger partial charge >= 0.3 is 0 Å². The molecule has 12 heavy (non-hydrogen) atoms. The van der Waals surface area contributed by atoms with Crippen LogP contribution in [0.5, 0.6) is 0 Å². The molecule has 0 bridgehead atoms. The zero-order chi connectivity index (χ0) is 9.57. The van der Waals surface area contributed by atoms with Gasteiger partial charge < -0.3 is 0 Å². The van der Waals surface area contributed by atoms with Crippen molar-refractivity contribution >= 4 is 0 Å². The number of nitrogens with zero attached hydrogens (tertiary/aromatic N) is 1. The molecule has 0 aliphatic carbocycles. The molecule has 0 saturated carbocycles. The van der Waals surface area contributed by atoms with Crippen LogP contribution in [0.25, 0.3) is 0 Å². The van der Waals surface area contributed by atoms with E-state index in [9.17, 15) is 0 Å². The summed E-state index contributed by atoms with van der Waals surface area (Å²) < 4.78 is 0. The van der Waals surface area contributed by atoms with E-state index in [2.05, 4.69) is 46.1 Å². The maximum atomic E-state index is 4.13. The van der Waals surface area contributed by atoms with E-state index in [4.69, 9.17) is 0 Å². The van der Waals surface area contributed by atoms with Gasteiger partial charge in [0.25, 0.3) is 0 Å². The highest BCUT2D eigenvalue weighted by Crippen LogP contribution is 2.36. The Morgan fingerprint density at radius 3 is 2.00 bits per heavy atom. The summed E-state index contributed by atoms with van der Waals surface area (Å²) in [5.41, 5.74) is 1.97. The predicted octanol–water partition coefficient (Wildman–Crippen LogP) is 2.68. The molecule has 1 heterocycles. The highest BCUT2D eigenvalue weighted by Gasteiger charge is 2.37. The van der Waals surface area contributed by atoms with Crippen LogP contribution in [0.1, 0.15) is 34.6 Å². The van der Waals surface area contributed by atoms with Gasteiger partial charge in [0.05, 0.1) is 0 Å². The Balaban J connectivity index is 2.74. The molecule has 0 atom stereocenters. The summed E-state index contributed by atoms with van der Waals surface area (Å²) in [6.07, 6.45) is 0. The van der Waals surface area contributed by atoms with E-state index in [0.717, 1.165) is 13.1 Å². The van der Waals surface area contributed by atoms with Gasteiger partial charge in [0.2, 0.25) is 0 Å². The zero-order valence-electron chi connectivity index (χ0n) is 9.07. The van der Waals surface area contributed by atoms with Crippen LogP contribution >= 0.6 is 0 Å². The van der Waals surface area contributed by atoms with Gasteiger partial charge in [0.15, 0.2) is 0 Å². The van der Waals surface area contributed by atoms with Gasteiger partial charge in [-0.05, 0) is 26.2 Å². The third-order valence-electron chi connectivity index (χ3n) is 2.87.